The number of likely N-dealkylation sites (N-methyl/N-ethyl adjacent to an activating group) is 1. The maximum atomic E-state index is 12.4. The van der Waals surface area contributed by atoms with Crippen LogP contribution in [0.2, 0.25) is 0 Å². The predicted octanol–water partition coefficient (Wildman–Crippen LogP) is 1.29. The summed E-state index contributed by atoms with van der Waals surface area (Å²) in [6, 6.07) is 10.5. The van der Waals surface area contributed by atoms with Gasteiger partial charge >= 0.3 is 0 Å². The molecule has 2 fully saturated rings. The van der Waals surface area contributed by atoms with Gasteiger partial charge in [-0.1, -0.05) is 30.3 Å². The average Bonchev–Trinajstić information content (AvgIpc) is 3.17. The number of hydrogen-bond donors (Lipinski definition) is 2. The second-order valence-corrected chi connectivity index (χ2v) is 5.70. The van der Waals surface area contributed by atoms with Crippen molar-refractivity contribution in [2.45, 2.75) is 37.9 Å². The highest BCUT2D eigenvalue weighted by molar-refractivity contribution is 5.82. The Morgan fingerprint density at radius 3 is 2.68 bits per heavy atom. The quantitative estimate of drug-likeness (QED) is 0.856. The Labute approximate surface area is 114 Å². The molecule has 1 saturated heterocycles. The van der Waals surface area contributed by atoms with Crippen LogP contribution in [0, 0.1) is 5.92 Å². The molecular formula is C15H21N3O. The largest absolute Gasteiger partial charge is 0.340 e. The van der Waals surface area contributed by atoms with Crippen molar-refractivity contribution >= 4 is 5.91 Å². The number of carbonyl (C=O) groups excluding carboxylic acids is 1. The highest BCUT2D eigenvalue weighted by Crippen LogP contribution is 2.35. The number of nitrogens with one attached hydrogen (secondary N) is 2. The fraction of sp³-hybridized carbons (Fsp3) is 0.533. The van der Waals surface area contributed by atoms with E-state index in [1.165, 1.54) is 18.4 Å². The third-order valence-electron chi connectivity index (χ3n) is 4.06. The van der Waals surface area contributed by atoms with Gasteiger partial charge in [-0.3, -0.25) is 10.2 Å². The second kappa shape index (κ2) is 5.31. The van der Waals surface area contributed by atoms with Crippen molar-refractivity contribution in [3.8, 4) is 0 Å². The van der Waals surface area contributed by atoms with Crippen LogP contribution in [0.1, 0.15) is 24.8 Å². The molecule has 1 aliphatic heterocycles. The molecular weight excluding hydrogens is 238 g/mol. The summed E-state index contributed by atoms with van der Waals surface area (Å²) in [5.74, 6) is 0.962. The molecule has 1 aromatic carbocycles. The smallest absolute Gasteiger partial charge is 0.241 e. The Bertz CT molecular complexity index is 444. The van der Waals surface area contributed by atoms with Gasteiger partial charge in [0.05, 0.1) is 0 Å². The van der Waals surface area contributed by atoms with E-state index in [9.17, 15) is 4.79 Å². The van der Waals surface area contributed by atoms with Crippen molar-refractivity contribution in [1.82, 2.24) is 15.8 Å². The molecule has 0 aromatic heterocycles. The van der Waals surface area contributed by atoms with Gasteiger partial charge < -0.3 is 4.90 Å². The van der Waals surface area contributed by atoms with Crippen molar-refractivity contribution in [3.05, 3.63) is 35.9 Å². The molecule has 1 heterocycles. The van der Waals surface area contributed by atoms with Crippen LogP contribution in [-0.4, -0.2) is 29.9 Å². The van der Waals surface area contributed by atoms with Gasteiger partial charge in [-0.2, -0.15) is 0 Å². The summed E-state index contributed by atoms with van der Waals surface area (Å²) in [7, 11) is 1.88. The maximum absolute atomic E-state index is 12.4. The monoisotopic (exact) mass is 259 g/mol. The van der Waals surface area contributed by atoms with Gasteiger partial charge in [0, 0.05) is 19.6 Å². The van der Waals surface area contributed by atoms with E-state index in [1.54, 1.807) is 0 Å². The summed E-state index contributed by atoms with van der Waals surface area (Å²) in [6.45, 7) is 0.673. The molecule has 2 unspecified atom stereocenters. The van der Waals surface area contributed by atoms with Crippen LogP contribution in [0.4, 0.5) is 0 Å². The van der Waals surface area contributed by atoms with Crippen LogP contribution in [0.25, 0.3) is 0 Å². The summed E-state index contributed by atoms with van der Waals surface area (Å²) in [5, 5.41) is 0. The van der Waals surface area contributed by atoms with Crippen molar-refractivity contribution in [1.29, 1.82) is 0 Å². The summed E-state index contributed by atoms with van der Waals surface area (Å²) in [4.78, 5) is 14.2. The molecule has 2 atom stereocenters. The minimum Gasteiger partial charge on any atom is -0.340 e. The Morgan fingerprint density at radius 2 is 2.00 bits per heavy atom. The molecule has 19 heavy (non-hydrogen) atoms. The van der Waals surface area contributed by atoms with Gasteiger partial charge in [-0.05, 0) is 30.7 Å². The second-order valence-electron chi connectivity index (χ2n) is 5.70. The topological polar surface area (TPSA) is 44.4 Å². The molecule has 1 saturated carbocycles. The molecule has 2 aliphatic rings. The van der Waals surface area contributed by atoms with Crippen molar-refractivity contribution in [2.24, 2.45) is 5.92 Å². The maximum Gasteiger partial charge on any atom is 0.241 e. The summed E-state index contributed by atoms with van der Waals surface area (Å²) >= 11 is 0. The zero-order valence-corrected chi connectivity index (χ0v) is 11.3. The Kier molecular flexibility index (Phi) is 3.53. The zero-order valence-electron chi connectivity index (χ0n) is 11.3. The fourth-order valence-electron chi connectivity index (χ4n) is 2.75. The minimum absolute atomic E-state index is 0.0701. The number of benzene rings is 1. The Morgan fingerprint density at radius 1 is 1.26 bits per heavy atom. The lowest BCUT2D eigenvalue weighted by Gasteiger charge is -2.20. The van der Waals surface area contributed by atoms with Crippen molar-refractivity contribution < 1.29 is 4.79 Å². The fourth-order valence-corrected chi connectivity index (χ4v) is 2.75. The first-order chi connectivity index (χ1) is 9.24. The van der Waals surface area contributed by atoms with Gasteiger partial charge in [0.25, 0.3) is 0 Å². The Balaban J connectivity index is 1.55. The molecule has 0 spiro atoms. The molecule has 1 amide bonds. The molecule has 4 nitrogen and oxygen atoms in total. The van der Waals surface area contributed by atoms with Crippen LogP contribution in [0.3, 0.4) is 0 Å². The zero-order chi connectivity index (χ0) is 13.2. The van der Waals surface area contributed by atoms with Crippen LogP contribution >= 0.6 is 0 Å². The van der Waals surface area contributed by atoms with E-state index in [4.69, 9.17) is 0 Å². The Hall–Kier alpha value is -1.39. The molecule has 1 aromatic rings. The molecule has 0 bridgehead atoms. The first-order valence-electron chi connectivity index (χ1n) is 7.04. The molecule has 3 rings (SSSR count). The van der Waals surface area contributed by atoms with Crippen LogP contribution in [0.15, 0.2) is 30.3 Å². The van der Waals surface area contributed by atoms with E-state index in [0.717, 1.165) is 12.3 Å². The van der Waals surface area contributed by atoms with E-state index in [0.29, 0.717) is 12.6 Å². The first-order valence-corrected chi connectivity index (χ1v) is 7.04. The van der Waals surface area contributed by atoms with E-state index in [1.807, 2.05) is 30.1 Å². The SMILES string of the molecule is CN(Cc1ccccc1)C(=O)C1CC(C2CC2)NN1. The van der Waals surface area contributed by atoms with Gasteiger partial charge in [0.15, 0.2) is 0 Å². The van der Waals surface area contributed by atoms with Crippen molar-refractivity contribution in [2.75, 3.05) is 7.05 Å². The summed E-state index contributed by atoms with van der Waals surface area (Å²) in [6.07, 6.45) is 3.53. The normalized spacial score (nSPS) is 26.4. The summed E-state index contributed by atoms with van der Waals surface area (Å²) in [5.41, 5.74) is 7.59. The van der Waals surface area contributed by atoms with Crippen LogP contribution in [0.5, 0.6) is 0 Å². The average molecular weight is 259 g/mol. The number of nitrogens with zero attached hydrogens (tertiary/aromatic N) is 1. The van der Waals surface area contributed by atoms with Crippen LogP contribution in [-0.2, 0) is 11.3 Å². The van der Waals surface area contributed by atoms with E-state index >= 15 is 0 Å². The molecule has 2 N–H and O–H groups in total. The third kappa shape index (κ3) is 2.96. The van der Waals surface area contributed by atoms with Gasteiger partial charge in [-0.15, -0.1) is 0 Å². The lowest BCUT2D eigenvalue weighted by molar-refractivity contribution is -0.132. The number of rotatable bonds is 4. The first kappa shape index (κ1) is 12.6. The standard InChI is InChI=1S/C15H21N3O/c1-18(10-11-5-3-2-4-6-11)15(19)14-9-13(16-17-14)12-7-8-12/h2-6,12-14,16-17H,7-10H2,1H3. The van der Waals surface area contributed by atoms with Crippen molar-refractivity contribution in [3.63, 3.8) is 0 Å². The molecule has 4 heteroatoms. The highest BCUT2D eigenvalue weighted by atomic mass is 16.2. The molecule has 0 radical (unpaired) electrons. The van der Waals surface area contributed by atoms with Gasteiger partial charge in [0.1, 0.15) is 6.04 Å². The van der Waals surface area contributed by atoms with Crippen LogP contribution < -0.4 is 10.9 Å². The lowest BCUT2D eigenvalue weighted by Crippen LogP contribution is -2.44. The third-order valence-corrected chi connectivity index (χ3v) is 4.06. The number of hydrogen-bond acceptors (Lipinski definition) is 3. The number of hydrazine groups is 1. The molecule has 102 valence electrons. The lowest BCUT2D eigenvalue weighted by atomic mass is 10.1. The van der Waals surface area contributed by atoms with Gasteiger partial charge in [-0.25, -0.2) is 5.43 Å². The predicted molar refractivity (Wildman–Crippen MR) is 74.1 cm³/mol. The summed E-state index contributed by atoms with van der Waals surface area (Å²) < 4.78 is 0. The van der Waals surface area contributed by atoms with E-state index in [-0.39, 0.29) is 11.9 Å². The number of carbonyl (C=O) groups is 1. The minimum atomic E-state index is -0.0701. The number of amides is 1. The van der Waals surface area contributed by atoms with E-state index in [2.05, 4.69) is 23.0 Å². The molecule has 1 aliphatic carbocycles. The van der Waals surface area contributed by atoms with E-state index < -0.39 is 0 Å². The highest BCUT2D eigenvalue weighted by Gasteiger charge is 2.39. The van der Waals surface area contributed by atoms with Gasteiger partial charge in [0.2, 0.25) is 5.91 Å².